The molecule has 1 aromatic carbocycles. The maximum Gasteiger partial charge on any atom is 0.326 e. The Balaban J connectivity index is 1.42. The zero-order valence-corrected chi connectivity index (χ0v) is 17.1. The van der Waals surface area contributed by atoms with Crippen LogP contribution >= 0.6 is 0 Å². The molecular weight excluding hydrogens is 386 g/mol. The van der Waals surface area contributed by atoms with Gasteiger partial charge in [-0.05, 0) is 31.7 Å². The van der Waals surface area contributed by atoms with Gasteiger partial charge in [0.2, 0.25) is 5.78 Å². The van der Waals surface area contributed by atoms with Crippen molar-refractivity contribution in [1.82, 2.24) is 15.2 Å². The van der Waals surface area contributed by atoms with Crippen molar-refractivity contribution in [2.24, 2.45) is 5.92 Å². The number of hydrogen-bond acceptors (Lipinski definition) is 5. The summed E-state index contributed by atoms with van der Waals surface area (Å²) in [6.07, 6.45) is 3.83. The molecular formula is C22H25N3O5. The van der Waals surface area contributed by atoms with Crippen LogP contribution in [0, 0.1) is 5.92 Å². The van der Waals surface area contributed by atoms with E-state index in [2.05, 4.69) is 10.3 Å². The molecule has 0 radical (unpaired) electrons. The lowest BCUT2D eigenvalue weighted by Gasteiger charge is -2.36. The minimum Gasteiger partial charge on any atom is -0.453 e. The number of rotatable bonds is 5. The van der Waals surface area contributed by atoms with Crippen LogP contribution in [0.15, 0.2) is 30.5 Å². The number of carbonyl (C=O) groups is 4. The molecule has 1 aliphatic heterocycles. The van der Waals surface area contributed by atoms with E-state index in [0.717, 1.165) is 35.1 Å². The quantitative estimate of drug-likeness (QED) is 0.447. The van der Waals surface area contributed by atoms with Crippen molar-refractivity contribution in [3.63, 3.8) is 0 Å². The average molecular weight is 411 g/mol. The summed E-state index contributed by atoms with van der Waals surface area (Å²) in [4.78, 5) is 54.5. The maximum atomic E-state index is 13.0. The second-order valence-corrected chi connectivity index (χ2v) is 8.18. The summed E-state index contributed by atoms with van der Waals surface area (Å²) in [5, 5.41) is 3.54. The zero-order chi connectivity index (χ0) is 21.5. The van der Waals surface area contributed by atoms with E-state index in [0.29, 0.717) is 12.0 Å². The first kappa shape index (κ1) is 20.1. The molecule has 30 heavy (non-hydrogen) atoms. The van der Waals surface area contributed by atoms with Crippen LogP contribution in [0.4, 0.5) is 4.79 Å². The Morgan fingerprint density at radius 2 is 2.03 bits per heavy atom. The van der Waals surface area contributed by atoms with Crippen LogP contribution in [-0.4, -0.2) is 51.8 Å². The number of urea groups is 1. The van der Waals surface area contributed by atoms with Crippen molar-refractivity contribution in [3.05, 3.63) is 36.0 Å². The predicted molar refractivity (Wildman–Crippen MR) is 109 cm³/mol. The topological polar surface area (TPSA) is 109 Å². The van der Waals surface area contributed by atoms with Crippen LogP contribution < -0.4 is 5.32 Å². The summed E-state index contributed by atoms with van der Waals surface area (Å²) in [5.74, 6) is -1.52. The van der Waals surface area contributed by atoms with E-state index in [1.54, 1.807) is 6.20 Å². The minimum absolute atomic E-state index is 0.00564. The van der Waals surface area contributed by atoms with Crippen molar-refractivity contribution < 1.29 is 23.9 Å². The van der Waals surface area contributed by atoms with Gasteiger partial charge >= 0.3 is 12.0 Å². The van der Waals surface area contributed by atoms with Crippen molar-refractivity contribution >= 4 is 34.6 Å². The smallest absolute Gasteiger partial charge is 0.326 e. The molecule has 1 aliphatic carbocycles. The van der Waals surface area contributed by atoms with Gasteiger partial charge in [0.25, 0.3) is 5.91 Å². The number of ketones is 1. The fourth-order valence-electron chi connectivity index (χ4n) is 4.55. The molecule has 8 nitrogen and oxygen atoms in total. The number of imide groups is 1. The number of fused-ring (bicyclic) bond motifs is 1. The van der Waals surface area contributed by atoms with E-state index in [1.165, 1.54) is 6.92 Å². The number of esters is 1. The Labute approximate surface area is 173 Å². The molecule has 2 aliphatic rings. The summed E-state index contributed by atoms with van der Waals surface area (Å²) < 4.78 is 5.27. The Morgan fingerprint density at radius 3 is 2.80 bits per heavy atom. The summed E-state index contributed by atoms with van der Waals surface area (Å²) >= 11 is 0. The van der Waals surface area contributed by atoms with Gasteiger partial charge in [0, 0.05) is 22.7 Å². The van der Waals surface area contributed by atoms with Gasteiger partial charge in [-0.15, -0.1) is 0 Å². The summed E-state index contributed by atoms with van der Waals surface area (Å²) in [7, 11) is 0. The SMILES string of the molecule is C[C@H](OC(=O)CN1C(=O)N[C@@]2(CCCC[C@@H]2C)C1=O)C(=O)c1c[nH]c2ccccc12. The third-order valence-corrected chi connectivity index (χ3v) is 6.32. The standard InChI is InChI=1S/C22H25N3O5/c1-13-7-5-6-10-22(13)20(28)25(21(29)24-22)12-18(26)30-14(2)19(27)16-11-23-17-9-4-3-8-15(16)17/h3-4,8-9,11,13-14,23H,5-7,10,12H2,1-2H3,(H,24,29)/t13-,14-,22+/m0/s1. The highest BCUT2D eigenvalue weighted by atomic mass is 16.5. The van der Waals surface area contributed by atoms with Gasteiger partial charge in [-0.1, -0.05) is 38.0 Å². The summed E-state index contributed by atoms with van der Waals surface area (Å²) in [6.45, 7) is 2.92. The normalized spacial score (nSPS) is 24.9. The Bertz CT molecular complexity index is 1030. The molecule has 2 fully saturated rings. The molecule has 2 N–H and O–H groups in total. The highest BCUT2D eigenvalue weighted by Gasteiger charge is 2.55. The van der Waals surface area contributed by atoms with Gasteiger partial charge in [0.05, 0.1) is 0 Å². The van der Waals surface area contributed by atoms with Crippen LogP contribution in [0.3, 0.4) is 0 Å². The van der Waals surface area contributed by atoms with Crippen molar-refractivity contribution in [2.45, 2.75) is 51.2 Å². The molecule has 3 atom stereocenters. The molecule has 2 heterocycles. The first-order chi connectivity index (χ1) is 14.3. The average Bonchev–Trinajstić information content (AvgIpc) is 3.25. The number of H-pyrrole nitrogens is 1. The molecule has 1 saturated heterocycles. The first-order valence-electron chi connectivity index (χ1n) is 10.3. The van der Waals surface area contributed by atoms with E-state index in [-0.39, 0.29) is 17.6 Å². The van der Waals surface area contributed by atoms with Crippen LogP contribution in [0.2, 0.25) is 0 Å². The number of ether oxygens (including phenoxy) is 1. The van der Waals surface area contributed by atoms with Gasteiger partial charge in [-0.2, -0.15) is 0 Å². The second-order valence-electron chi connectivity index (χ2n) is 8.18. The largest absolute Gasteiger partial charge is 0.453 e. The first-order valence-corrected chi connectivity index (χ1v) is 10.3. The monoisotopic (exact) mass is 411 g/mol. The summed E-state index contributed by atoms with van der Waals surface area (Å²) in [6, 6.07) is 6.76. The van der Waals surface area contributed by atoms with Gasteiger partial charge in [0.1, 0.15) is 12.1 Å². The van der Waals surface area contributed by atoms with E-state index in [9.17, 15) is 19.2 Å². The number of benzene rings is 1. The van der Waals surface area contributed by atoms with Gasteiger partial charge in [-0.3, -0.25) is 19.3 Å². The molecule has 0 bridgehead atoms. The van der Waals surface area contributed by atoms with Crippen LogP contribution in [0.5, 0.6) is 0 Å². The summed E-state index contributed by atoms with van der Waals surface area (Å²) in [5.41, 5.74) is 0.308. The van der Waals surface area contributed by atoms with Crippen molar-refractivity contribution in [3.8, 4) is 0 Å². The molecule has 158 valence electrons. The number of nitrogens with zero attached hydrogens (tertiary/aromatic N) is 1. The molecule has 4 rings (SSSR count). The predicted octanol–water partition coefficient (Wildman–Crippen LogP) is 2.78. The zero-order valence-electron chi connectivity index (χ0n) is 17.1. The molecule has 2 aromatic rings. The lowest BCUT2D eigenvalue weighted by Crippen LogP contribution is -2.54. The third kappa shape index (κ3) is 3.26. The number of carbonyl (C=O) groups excluding carboxylic acids is 4. The number of aromatic nitrogens is 1. The van der Waals surface area contributed by atoms with E-state index in [4.69, 9.17) is 4.74 Å². The van der Waals surface area contributed by atoms with Crippen molar-refractivity contribution in [1.29, 1.82) is 0 Å². The molecule has 1 aromatic heterocycles. The molecule has 1 spiro atoms. The lowest BCUT2D eigenvalue weighted by atomic mass is 9.73. The van der Waals surface area contributed by atoms with Crippen LogP contribution in [0.1, 0.15) is 49.9 Å². The van der Waals surface area contributed by atoms with Gasteiger partial charge in [-0.25, -0.2) is 4.79 Å². The molecule has 8 heteroatoms. The van der Waals surface area contributed by atoms with E-state index in [1.807, 2.05) is 31.2 Å². The maximum absolute atomic E-state index is 13.0. The fraction of sp³-hybridized carbons (Fsp3) is 0.455. The van der Waals surface area contributed by atoms with Crippen LogP contribution in [-0.2, 0) is 14.3 Å². The molecule has 3 amide bonds. The highest BCUT2D eigenvalue weighted by molar-refractivity contribution is 6.11. The number of hydrogen-bond donors (Lipinski definition) is 2. The van der Waals surface area contributed by atoms with Crippen molar-refractivity contribution in [2.75, 3.05) is 6.54 Å². The Morgan fingerprint density at radius 1 is 1.27 bits per heavy atom. The molecule has 1 saturated carbocycles. The van der Waals surface area contributed by atoms with E-state index < -0.39 is 30.2 Å². The Kier molecular flexibility index (Phi) is 5.09. The number of Topliss-reactive ketones (excluding diaryl/α,β-unsaturated/α-hetero) is 1. The molecule has 0 unspecified atom stereocenters. The number of nitrogens with one attached hydrogen (secondary N) is 2. The number of amides is 3. The minimum atomic E-state index is -1.04. The van der Waals surface area contributed by atoms with Gasteiger partial charge in [0.15, 0.2) is 6.10 Å². The number of aromatic amines is 1. The highest BCUT2D eigenvalue weighted by Crippen LogP contribution is 2.38. The van der Waals surface area contributed by atoms with Gasteiger partial charge < -0.3 is 15.0 Å². The third-order valence-electron chi connectivity index (χ3n) is 6.32. The van der Waals surface area contributed by atoms with E-state index >= 15 is 0 Å². The second kappa shape index (κ2) is 7.59. The lowest BCUT2D eigenvalue weighted by molar-refractivity contribution is -0.150. The van der Waals surface area contributed by atoms with Crippen LogP contribution in [0.25, 0.3) is 10.9 Å². The Hall–Kier alpha value is -3.16. The fourth-order valence-corrected chi connectivity index (χ4v) is 4.55. The number of para-hydroxylation sites is 1.